The third kappa shape index (κ3) is 1.60. The predicted octanol–water partition coefficient (Wildman–Crippen LogP) is 2.02. The Balaban J connectivity index is 2.06. The second-order valence-electron chi connectivity index (χ2n) is 3.75. The normalized spacial score (nSPS) is 10.7. The van der Waals surface area contributed by atoms with Crippen molar-refractivity contribution in [1.29, 1.82) is 0 Å². The first-order valence-electron chi connectivity index (χ1n) is 5.31. The minimum Gasteiger partial charge on any atom is -0.505 e. The van der Waals surface area contributed by atoms with E-state index in [0.717, 1.165) is 5.69 Å². The molecule has 6 nitrogen and oxygen atoms in total. The van der Waals surface area contributed by atoms with E-state index in [9.17, 15) is 5.11 Å². The molecule has 0 aliphatic heterocycles. The van der Waals surface area contributed by atoms with Crippen molar-refractivity contribution in [3.8, 4) is 28.7 Å². The van der Waals surface area contributed by atoms with Crippen LogP contribution in [0.3, 0.4) is 0 Å². The molecule has 0 aliphatic rings. The summed E-state index contributed by atoms with van der Waals surface area (Å²) in [5.41, 5.74) is 7.04. The van der Waals surface area contributed by atoms with E-state index in [4.69, 9.17) is 10.3 Å². The van der Waals surface area contributed by atoms with Gasteiger partial charge in [-0.25, -0.2) is 0 Å². The van der Waals surface area contributed by atoms with Crippen LogP contribution < -0.4 is 5.73 Å². The van der Waals surface area contributed by atoms with Gasteiger partial charge in [0.1, 0.15) is 0 Å². The average Bonchev–Trinajstić information content (AvgIpc) is 3.01. The van der Waals surface area contributed by atoms with E-state index >= 15 is 0 Å². The van der Waals surface area contributed by atoms with Crippen molar-refractivity contribution in [2.24, 2.45) is 0 Å². The lowest BCUT2D eigenvalue weighted by Gasteiger charge is -2.01. The zero-order chi connectivity index (χ0) is 12.5. The zero-order valence-corrected chi connectivity index (χ0v) is 9.29. The molecule has 90 valence electrons. The molecule has 0 saturated carbocycles. The Morgan fingerprint density at radius 3 is 2.89 bits per heavy atom. The molecule has 0 spiro atoms. The van der Waals surface area contributed by atoms with Gasteiger partial charge in [-0.3, -0.25) is 0 Å². The number of benzene rings is 1. The number of anilines is 1. The largest absolute Gasteiger partial charge is 0.505 e. The van der Waals surface area contributed by atoms with Crippen molar-refractivity contribution in [3.05, 3.63) is 36.5 Å². The van der Waals surface area contributed by atoms with Crippen LogP contribution in [0.1, 0.15) is 0 Å². The van der Waals surface area contributed by atoms with Crippen LogP contribution in [0.2, 0.25) is 0 Å². The van der Waals surface area contributed by atoms with Crippen LogP contribution in [0.5, 0.6) is 5.75 Å². The van der Waals surface area contributed by atoms with Gasteiger partial charge in [0, 0.05) is 6.20 Å². The Morgan fingerprint density at radius 2 is 2.11 bits per heavy atom. The molecule has 2 heterocycles. The Hall–Kier alpha value is -2.76. The van der Waals surface area contributed by atoms with E-state index in [-0.39, 0.29) is 17.3 Å². The van der Waals surface area contributed by atoms with Gasteiger partial charge in [0.2, 0.25) is 5.82 Å². The van der Waals surface area contributed by atoms with Gasteiger partial charge in [0.25, 0.3) is 5.89 Å². The second-order valence-corrected chi connectivity index (χ2v) is 3.75. The smallest absolute Gasteiger partial charge is 0.262 e. The van der Waals surface area contributed by atoms with Crippen LogP contribution in [-0.2, 0) is 0 Å². The first-order valence-corrected chi connectivity index (χ1v) is 5.31. The van der Waals surface area contributed by atoms with Crippen molar-refractivity contribution in [2.75, 3.05) is 5.73 Å². The van der Waals surface area contributed by atoms with Gasteiger partial charge in [-0.2, -0.15) is 4.98 Å². The van der Waals surface area contributed by atoms with Gasteiger partial charge in [-0.05, 0) is 24.3 Å². The summed E-state index contributed by atoms with van der Waals surface area (Å²) >= 11 is 0. The first kappa shape index (κ1) is 10.4. The van der Waals surface area contributed by atoms with Crippen LogP contribution in [0, 0.1) is 0 Å². The molecule has 0 unspecified atom stereocenters. The Morgan fingerprint density at radius 1 is 1.22 bits per heavy atom. The molecule has 0 atom stereocenters. The minimum absolute atomic E-state index is 0.0563. The molecule has 0 radical (unpaired) electrons. The number of nitrogens with one attached hydrogen (secondary N) is 1. The minimum atomic E-state index is -0.0563. The summed E-state index contributed by atoms with van der Waals surface area (Å²) in [6.07, 6.45) is 1.77. The van der Waals surface area contributed by atoms with E-state index in [1.54, 1.807) is 24.4 Å². The summed E-state index contributed by atoms with van der Waals surface area (Å²) in [5, 5.41) is 13.7. The van der Waals surface area contributed by atoms with Gasteiger partial charge in [-0.15, -0.1) is 0 Å². The molecule has 0 fully saturated rings. The molecule has 2 aromatic heterocycles. The monoisotopic (exact) mass is 242 g/mol. The number of aromatic hydroxyl groups is 1. The first-order chi connectivity index (χ1) is 8.75. The number of hydrogen-bond donors (Lipinski definition) is 3. The van der Waals surface area contributed by atoms with Gasteiger partial charge >= 0.3 is 0 Å². The predicted molar refractivity (Wildman–Crippen MR) is 65.6 cm³/mol. The number of nitrogen functional groups attached to an aromatic ring is 1. The molecule has 6 heteroatoms. The fourth-order valence-electron chi connectivity index (χ4n) is 1.65. The van der Waals surface area contributed by atoms with Gasteiger partial charge in [0.05, 0.1) is 16.9 Å². The van der Waals surface area contributed by atoms with Crippen molar-refractivity contribution in [3.63, 3.8) is 0 Å². The van der Waals surface area contributed by atoms with Crippen LogP contribution in [0.15, 0.2) is 41.1 Å². The van der Waals surface area contributed by atoms with E-state index in [0.29, 0.717) is 11.4 Å². The second kappa shape index (κ2) is 3.92. The zero-order valence-electron chi connectivity index (χ0n) is 9.29. The summed E-state index contributed by atoms with van der Waals surface area (Å²) in [5.74, 6) is 0.598. The maximum absolute atomic E-state index is 9.83. The highest BCUT2D eigenvalue weighted by Gasteiger charge is 2.15. The third-order valence-electron chi connectivity index (χ3n) is 2.56. The molecule has 0 saturated heterocycles. The highest BCUT2D eigenvalue weighted by atomic mass is 16.5. The number of aromatic amines is 1. The van der Waals surface area contributed by atoms with Crippen LogP contribution in [-0.4, -0.2) is 20.2 Å². The number of phenols is 1. The maximum atomic E-state index is 9.83. The topological polar surface area (TPSA) is 101 Å². The van der Waals surface area contributed by atoms with Gasteiger partial charge in [-0.1, -0.05) is 11.2 Å². The van der Waals surface area contributed by atoms with E-state index in [1.807, 2.05) is 12.1 Å². The summed E-state index contributed by atoms with van der Waals surface area (Å²) < 4.78 is 5.11. The number of nitrogens with two attached hydrogens (primary N) is 1. The van der Waals surface area contributed by atoms with Gasteiger partial charge in [0.15, 0.2) is 5.75 Å². The molecule has 0 amide bonds. The summed E-state index contributed by atoms with van der Waals surface area (Å²) in [4.78, 5) is 7.17. The summed E-state index contributed by atoms with van der Waals surface area (Å²) in [6.45, 7) is 0. The SMILES string of the molecule is Nc1cccc(-c2nc(-c3ccc[nH]3)no2)c1O. The molecular weight excluding hydrogens is 232 g/mol. The molecule has 4 N–H and O–H groups in total. The molecule has 0 bridgehead atoms. The highest BCUT2D eigenvalue weighted by molar-refractivity contribution is 5.72. The standard InChI is InChI=1S/C12H10N4O2/c13-8-4-1-3-7(10(8)17)12-15-11(16-18-12)9-5-2-6-14-9/h1-6,14,17H,13H2. The molecule has 3 rings (SSSR count). The van der Waals surface area contributed by atoms with E-state index in [1.165, 1.54) is 0 Å². The Bertz CT molecular complexity index is 673. The lowest BCUT2D eigenvalue weighted by atomic mass is 10.2. The number of nitrogens with zero attached hydrogens (tertiary/aromatic N) is 2. The number of hydrogen-bond acceptors (Lipinski definition) is 5. The number of rotatable bonds is 2. The lowest BCUT2D eigenvalue weighted by Crippen LogP contribution is -1.88. The number of H-pyrrole nitrogens is 1. The van der Waals surface area contributed by atoms with E-state index in [2.05, 4.69) is 15.1 Å². The highest BCUT2D eigenvalue weighted by Crippen LogP contribution is 2.33. The van der Waals surface area contributed by atoms with Crippen LogP contribution in [0.4, 0.5) is 5.69 Å². The lowest BCUT2D eigenvalue weighted by molar-refractivity contribution is 0.426. The Labute approximate surface area is 102 Å². The molecular formula is C12H10N4O2. The number of para-hydroxylation sites is 1. The maximum Gasteiger partial charge on any atom is 0.262 e. The number of aromatic nitrogens is 3. The molecule has 18 heavy (non-hydrogen) atoms. The average molecular weight is 242 g/mol. The van der Waals surface area contributed by atoms with Crippen molar-refractivity contribution in [2.45, 2.75) is 0 Å². The third-order valence-corrected chi connectivity index (χ3v) is 2.56. The Kier molecular flexibility index (Phi) is 2.26. The number of phenolic OH excluding ortho intramolecular Hbond substituents is 1. The van der Waals surface area contributed by atoms with Crippen LogP contribution >= 0.6 is 0 Å². The van der Waals surface area contributed by atoms with Crippen molar-refractivity contribution >= 4 is 5.69 Å². The van der Waals surface area contributed by atoms with Crippen molar-refractivity contribution in [1.82, 2.24) is 15.1 Å². The fraction of sp³-hybridized carbons (Fsp3) is 0. The van der Waals surface area contributed by atoms with Gasteiger partial charge < -0.3 is 20.3 Å². The molecule has 3 aromatic rings. The summed E-state index contributed by atoms with van der Waals surface area (Å²) in [6, 6.07) is 8.64. The fourth-order valence-corrected chi connectivity index (χ4v) is 1.65. The van der Waals surface area contributed by atoms with E-state index < -0.39 is 0 Å². The van der Waals surface area contributed by atoms with Crippen LogP contribution in [0.25, 0.3) is 23.0 Å². The molecule has 1 aromatic carbocycles. The summed E-state index contributed by atoms with van der Waals surface area (Å²) in [7, 11) is 0. The molecule has 0 aliphatic carbocycles. The van der Waals surface area contributed by atoms with Crippen molar-refractivity contribution < 1.29 is 9.63 Å². The quantitative estimate of drug-likeness (QED) is 0.471.